The Kier molecular flexibility index (Phi) is 7.03. The molecule has 23 heavy (non-hydrogen) atoms. The van der Waals surface area contributed by atoms with Crippen LogP contribution in [-0.4, -0.2) is 43.4 Å². The lowest BCUT2D eigenvalue weighted by atomic mass is 9.93. The highest BCUT2D eigenvalue weighted by Gasteiger charge is 2.30. The molecule has 0 saturated heterocycles. The summed E-state index contributed by atoms with van der Waals surface area (Å²) in [6.07, 6.45) is 0.730. The predicted octanol–water partition coefficient (Wildman–Crippen LogP) is 2.09. The molecule has 0 aromatic heterocycles. The number of hydrogen-bond donors (Lipinski definition) is 3. The fourth-order valence-electron chi connectivity index (χ4n) is 2.14. The average Bonchev–Trinajstić information content (AvgIpc) is 2.47. The molecular weight excluding hydrogens is 292 g/mol. The van der Waals surface area contributed by atoms with Crippen LogP contribution in [0.15, 0.2) is 24.3 Å². The molecule has 0 atom stereocenters. The second-order valence-electron chi connectivity index (χ2n) is 7.13. The quantitative estimate of drug-likeness (QED) is 0.651. The summed E-state index contributed by atoms with van der Waals surface area (Å²) in [5.74, 6) is 0.233. The fraction of sp³-hybridized carbons (Fsp3) is 0.611. The fourth-order valence-corrected chi connectivity index (χ4v) is 2.14. The van der Waals surface area contributed by atoms with E-state index in [9.17, 15) is 9.90 Å². The number of amides is 1. The van der Waals surface area contributed by atoms with Crippen LogP contribution in [-0.2, 0) is 16.0 Å². The molecule has 0 aliphatic heterocycles. The van der Waals surface area contributed by atoms with Crippen molar-refractivity contribution in [2.45, 2.75) is 39.7 Å². The largest absolute Gasteiger partial charge is 0.508 e. The molecule has 0 aliphatic rings. The van der Waals surface area contributed by atoms with Crippen LogP contribution in [0.2, 0.25) is 0 Å². The van der Waals surface area contributed by atoms with E-state index in [4.69, 9.17) is 4.74 Å². The van der Waals surface area contributed by atoms with E-state index in [0.29, 0.717) is 13.2 Å². The molecule has 5 nitrogen and oxygen atoms in total. The molecule has 130 valence electrons. The molecule has 0 bridgehead atoms. The van der Waals surface area contributed by atoms with Crippen molar-refractivity contribution in [1.82, 2.24) is 10.6 Å². The number of likely N-dealkylation sites (N-methyl/N-ethyl adjacent to an activating group) is 1. The van der Waals surface area contributed by atoms with Gasteiger partial charge in [-0.3, -0.25) is 4.79 Å². The number of phenolic OH excluding ortho intramolecular Hbond substituents is 1. The summed E-state index contributed by atoms with van der Waals surface area (Å²) in [6, 6.07) is 7.02. The minimum atomic E-state index is -0.583. The van der Waals surface area contributed by atoms with Gasteiger partial charge in [-0.25, -0.2) is 0 Å². The molecule has 0 spiro atoms. The second-order valence-corrected chi connectivity index (χ2v) is 7.13. The molecule has 0 saturated carbocycles. The summed E-state index contributed by atoms with van der Waals surface area (Å²) in [5, 5.41) is 15.3. The normalized spacial score (nSPS) is 12.2. The molecule has 0 unspecified atom stereocenters. The third-order valence-electron chi connectivity index (χ3n) is 3.68. The van der Waals surface area contributed by atoms with Crippen LogP contribution in [0.3, 0.4) is 0 Å². The van der Waals surface area contributed by atoms with E-state index in [1.54, 1.807) is 12.1 Å². The molecule has 1 amide bonds. The van der Waals surface area contributed by atoms with Crippen molar-refractivity contribution in [1.29, 1.82) is 0 Å². The Morgan fingerprint density at radius 2 is 1.78 bits per heavy atom. The van der Waals surface area contributed by atoms with Crippen molar-refractivity contribution >= 4 is 5.91 Å². The van der Waals surface area contributed by atoms with E-state index in [1.807, 2.05) is 46.9 Å². The van der Waals surface area contributed by atoms with Gasteiger partial charge < -0.3 is 20.5 Å². The third kappa shape index (κ3) is 7.01. The van der Waals surface area contributed by atoms with Crippen LogP contribution in [0.25, 0.3) is 0 Å². The number of aromatic hydroxyl groups is 1. The van der Waals surface area contributed by atoms with Gasteiger partial charge in [0.25, 0.3) is 0 Å². The van der Waals surface area contributed by atoms with Gasteiger partial charge in [0.15, 0.2) is 0 Å². The molecule has 1 aromatic carbocycles. The van der Waals surface area contributed by atoms with Crippen molar-refractivity contribution in [3.05, 3.63) is 29.8 Å². The molecule has 1 rings (SSSR count). The van der Waals surface area contributed by atoms with Gasteiger partial charge >= 0.3 is 0 Å². The summed E-state index contributed by atoms with van der Waals surface area (Å²) in [7, 11) is 1.88. The molecule has 0 heterocycles. The Bertz CT molecular complexity index is 495. The lowest BCUT2D eigenvalue weighted by Crippen LogP contribution is -2.44. The van der Waals surface area contributed by atoms with Gasteiger partial charge in [0.1, 0.15) is 5.75 Å². The number of benzene rings is 1. The van der Waals surface area contributed by atoms with E-state index in [-0.39, 0.29) is 17.3 Å². The number of phenols is 1. The first-order valence-corrected chi connectivity index (χ1v) is 8.01. The zero-order chi connectivity index (χ0) is 17.5. The minimum absolute atomic E-state index is 0.0171. The van der Waals surface area contributed by atoms with Gasteiger partial charge in [-0.15, -0.1) is 0 Å². The summed E-state index contributed by atoms with van der Waals surface area (Å²) in [6.45, 7) is 9.44. The van der Waals surface area contributed by atoms with Crippen molar-refractivity contribution in [2.75, 3.05) is 26.7 Å². The maximum Gasteiger partial charge on any atom is 0.227 e. The molecule has 1 aromatic rings. The van der Waals surface area contributed by atoms with Crippen LogP contribution < -0.4 is 10.6 Å². The van der Waals surface area contributed by atoms with Gasteiger partial charge in [0.2, 0.25) is 5.91 Å². The minimum Gasteiger partial charge on any atom is -0.508 e. The highest BCUT2D eigenvalue weighted by atomic mass is 16.5. The van der Waals surface area contributed by atoms with Crippen LogP contribution in [0.1, 0.15) is 33.3 Å². The summed E-state index contributed by atoms with van der Waals surface area (Å²) >= 11 is 0. The molecule has 3 N–H and O–H groups in total. The lowest BCUT2D eigenvalue weighted by molar-refractivity contribution is -0.136. The standard InChI is InChI=1S/C18H30N2O3/c1-17(2,13-23-18(3,4)12-19-5)16(22)20-11-10-14-6-8-15(21)9-7-14/h6-9,19,21H,10-13H2,1-5H3,(H,20,22). The Hall–Kier alpha value is -1.59. The monoisotopic (exact) mass is 322 g/mol. The van der Waals surface area contributed by atoms with Crippen molar-refractivity contribution < 1.29 is 14.6 Å². The SMILES string of the molecule is CNCC(C)(C)OCC(C)(C)C(=O)NCCc1ccc(O)cc1. The Morgan fingerprint density at radius 3 is 2.35 bits per heavy atom. The van der Waals surface area contributed by atoms with Gasteiger partial charge in [-0.2, -0.15) is 0 Å². The summed E-state index contributed by atoms with van der Waals surface area (Å²) < 4.78 is 5.88. The first-order valence-electron chi connectivity index (χ1n) is 8.01. The molecule has 0 fully saturated rings. The number of nitrogens with one attached hydrogen (secondary N) is 2. The zero-order valence-corrected chi connectivity index (χ0v) is 14.9. The Morgan fingerprint density at radius 1 is 1.17 bits per heavy atom. The van der Waals surface area contributed by atoms with Gasteiger partial charge in [-0.1, -0.05) is 12.1 Å². The van der Waals surface area contributed by atoms with Gasteiger partial charge in [0.05, 0.1) is 17.6 Å². The van der Waals surface area contributed by atoms with Crippen LogP contribution in [0.5, 0.6) is 5.75 Å². The highest BCUT2D eigenvalue weighted by Crippen LogP contribution is 2.20. The van der Waals surface area contributed by atoms with Crippen molar-refractivity contribution in [2.24, 2.45) is 5.41 Å². The van der Waals surface area contributed by atoms with E-state index >= 15 is 0 Å². The topological polar surface area (TPSA) is 70.6 Å². The van der Waals surface area contributed by atoms with Crippen molar-refractivity contribution in [3.63, 3.8) is 0 Å². The number of carbonyl (C=O) groups excluding carboxylic acids is 1. The van der Waals surface area contributed by atoms with Crippen LogP contribution in [0, 0.1) is 5.41 Å². The highest BCUT2D eigenvalue weighted by molar-refractivity contribution is 5.81. The third-order valence-corrected chi connectivity index (χ3v) is 3.68. The Balaban J connectivity index is 2.41. The maximum atomic E-state index is 12.3. The summed E-state index contributed by atoms with van der Waals surface area (Å²) in [4.78, 5) is 12.3. The second kappa shape index (κ2) is 8.31. The predicted molar refractivity (Wildman–Crippen MR) is 92.6 cm³/mol. The molecular formula is C18H30N2O3. The molecule has 0 radical (unpaired) electrons. The number of hydrogen-bond acceptors (Lipinski definition) is 4. The lowest BCUT2D eigenvalue weighted by Gasteiger charge is -2.31. The van der Waals surface area contributed by atoms with E-state index < -0.39 is 5.41 Å². The first-order chi connectivity index (χ1) is 10.7. The zero-order valence-electron chi connectivity index (χ0n) is 14.9. The molecule has 0 aliphatic carbocycles. The van der Waals surface area contributed by atoms with E-state index in [2.05, 4.69) is 10.6 Å². The molecule has 5 heteroatoms. The van der Waals surface area contributed by atoms with Crippen LogP contribution in [0.4, 0.5) is 0 Å². The average molecular weight is 322 g/mol. The van der Waals surface area contributed by atoms with Crippen LogP contribution >= 0.6 is 0 Å². The van der Waals surface area contributed by atoms with Gasteiger partial charge in [0, 0.05) is 13.1 Å². The summed E-state index contributed by atoms with van der Waals surface area (Å²) in [5.41, 5.74) is 0.186. The number of ether oxygens (including phenoxy) is 1. The van der Waals surface area contributed by atoms with E-state index in [0.717, 1.165) is 18.5 Å². The number of rotatable bonds is 9. The Labute approximate surface area is 139 Å². The first kappa shape index (κ1) is 19.5. The van der Waals surface area contributed by atoms with Crippen molar-refractivity contribution in [3.8, 4) is 5.75 Å². The van der Waals surface area contributed by atoms with Gasteiger partial charge in [-0.05, 0) is 58.9 Å². The van der Waals surface area contributed by atoms with E-state index in [1.165, 1.54) is 0 Å². The number of carbonyl (C=O) groups is 1. The smallest absolute Gasteiger partial charge is 0.227 e. The maximum absolute atomic E-state index is 12.3.